The van der Waals surface area contributed by atoms with Crippen molar-refractivity contribution in [2.75, 3.05) is 0 Å². The molecule has 0 aliphatic heterocycles. The second kappa shape index (κ2) is 11.6. The van der Waals surface area contributed by atoms with Crippen molar-refractivity contribution in [3.63, 3.8) is 0 Å². The third-order valence-corrected chi connectivity index (χ3v) is 4.66. The molecule has 21 heavy (non-hydrogen) atoms. The minimum Gasteiger partial charge on any atom is -0.0625 e. The molecule has 0 aliphatic rings. The largest absolute Gasteiger partial charge is 0.0625 e. The van der Waals surface area contributed by atoms with Crippen molar-refractivity contribution >= 4 is 0 Å². The Hall–Kier alpha value is 0. The lowest BCUT2D eigenvalue weighted by molar-refractivity contribution is 0.277. The highest BCUT2D eigenvalue weighted by Gasteiger charge is 2.16. The molecule has 6 atom stereocenters. The predicted octanol–water partition coefficient (Wildman–Crippen LogP) is 7.20. The Bertz CT molecular complexity index is 230. The van der Waals surface area contributed by atoms with Crippen LogP contribution < -0.4 is 0 Å². The fraction of sp³-hybridized carbons (Fsp3) is 0.905. The highest BCUT2D eigenvalue weighted by atomic mass is 14.2. The topological polar surface area (TPSA) is 0 Å². The zero-order valence-corrected chi connectivity index (χ0v) is 16.0. The third-order valence-electron chi connectivity index (χ3n) is 4.66. The first kappa shape index (κ1) is 21.0. The summed E-state index contributed by atoms with van der Waals surface area (Å²) in [6.07, 6.45) is 10.4. The van der Waals surface area contributed by atoms with Crippen LogP contribution in [-0.2, 0) is 0 Å². The molecule has 0 fully saturated rings. The Morgan fingerprint density at radius 2 is 0.952 bits per heavy atom. The maximum atomic E-state index is 4.13. The van der Waals surface area contributed by atoms with Gasteiger partial charge in [0.1, 0.15) is 0 Å². The molecule has 0 saturated carbocycles. The zero-order valence-electron chi connectivity index (χ0n) is 16.0. The molecule has 0 spiro atoms. The molecule has 0 N–H and O–H groups in total. The lowest BCUT2D eigenvalue weighted by Gasteiger charge is -2.24. The third kappa shape index (κ3) is 12.2. The average molecular weight is 295 g/mol. The van der Waals surface area contributed by atoms with Crippen LogP contribution in [0.1, 0.15) is 87.0 Å². The second-order valence-electron chi connectivity index (χ2n) is 8.45. The molecule has 0 bridgehead atoms. The molecule has 0 aliphatic carbocycles. The molecule has 0 heterocycles. The Kier molecular flexibility index (Phi) is 11.6. The fourth-order valence-electron chi connectivity index (χ4n) is 4.32. The van der Waals surface area contributed by atoms with Gasteiger partial charge in [-0.25, -0.2) is 0 Å². The van der Waals surface area contributed by atoms with Crippen molar-refractivity contribution in [3.05, 3.63) is 13.3 Å². The number of rotatable bonds is 12. The molecule has 2 radical (unpaired) electrons. The summed E-state index contributed by atoms with van der Waals surface area (Å²) in [5.74, 6) is 4.89. The van der Waals surface area contributed by atoms with E-state index in [1.54, 1.807) is 0 Å². The maximum absolute atomic E-state index is 4.13. The van der Waals surface area contributed by atoms with E-state index in [0.717, 1.165) is 29.6 Å². The van der Waals surface area contributed by atoms with Gasteiger partial charge < -0.3 is 0 Å². The number of hydrogen-bond acceptors (Lipinski definition) is 0. The highest BCUT2D eigenvalue weighted by molar-refractivity contribution is 4.70. The normalized spacial score (nSPS) is 19.3. The van der Waals surface area contributed by atoms with Gasteiger partial charge in [-0.05, 0) is 80.5 Å². The SMILES string of the molecule is [CH2]C(C)CC(C)CC(C)CC(C)CC(C)CC(C)C[CH]C. The molecule has 0 aromatic heterocycles. The Morgan fingerprint density at radius 3 is 1.29 bits per heavy atom. The van der Waals surface area contributed by atoms with Gasteiger partial charge in [-0.2, -0.15) is 0 Å². The van der Waals surface area contributed by atoms with E-state index in [4.69, 9.17) is 0 Å². The summed E-state index contributed by atoms with van der Waals surface area (Å²) >= 11 is 0. The monoisotopic (exact) mass is 294 g/mol. The van der Waals surface area contributed by atoms with Gasteiger partial charge in [-0.15, -0.1) is 0 Å². The summed E-state index contributed by atoms with van der Waals surface area (Å²) in [7, 11) is 0. The second-order valence-corrected chi connectivity index (χ2v) is 8.45. The lowest BCUT2D eigenvalue weighted by atomic mass is 9.82. The minimum absolute atomic E-state index is 0.599. The molecule has 0 amide bonds. The predicted molar refractivity (Wildman–Crippen MR) is 98.0 cm³/mol. The smallest absolute Gasteiger partial charge is 0.0414 e. The first-order valence-electron chi connectivity index (χ1n) is 9.35. The lowest BCUT2D eigenvalue weighted by Crippen LogP contribution is -2.12. The molecular formula is C21H42. The Balaban J connectivity index is 3.93. The van der Waals surface area contributed by atoms with Crippen molar-refractivity contribution in [3.8, 4) is 0 Å². The molecule has 0 rings (SSSR count). The van der Waals surface area contributed by atoms with E-state index in [2.05, 4.69) is 61.8 Å². The van der Waals surface area contributed by atoms with E-state index in [9.17, 15) is 0 Å². The van der Waals surface area contributed by atoms with E-state index >= 15 is 0 Å². The molecule has 6 unspecified atom stereocenters. The number of hydrogen-bond donors (Lipinski definition) is 0. The van der Waals surface area contributed by atoms with Crippen molar-refractivity contribution in [2.45, 2.75) is 87.0 Å². The van der Waals surface area contributed by atoms with E-state index in [1.807, 2.05) is 0 Å². The van der Waals surface area contributed by atoms with Crippen LogP contribution in [-0.4, -0.2) is 0 Å². The van der Waals surface area contributed by atoms with Crippen LogP contribution in [0, 0.1) is 48.9 Å². The summed E-state index contributed by atoms with van der Waals surface area (Å²) < 4.78 is 0. The van der Waals surface area contributed by atoms with Crippen LogP contribution in [0.5, 0.6) is 0 Å². The van der Waals surface area contributed by atoms with E-state index in [1.165, 1.54) is 38.5 Å². The van der Waals surface area contributed by atoms with E-state index in [0.29, 0.717) is 5.92 Å². The summed E-state index contributed by atoms with van der Waals surface area (Å²) in [6, 6.07) is 0. The van der Waals surface area contributed by atoms with Gasteiger partial charge in [0, 0.05) is 0 Å². The first-order chi connectivity index (χ1) is 9.74. The van der Waals surface area contributed by atoms with Crippen molar-refractivity contribution in [1.82, 2.24) is 0 Å². The first-order valence-corrected chi connectivity index (χ1v) is 9.35. The van der Waals surface area contributed by atoms with Gasteiger partial charge in [-0.3, -0.25) is 0 Å². The molecule has 0 saturated heterocycles. The molecule has 0 nitrogen and oxygen atoms in total. The van der Waals surface area contributed by atoms with Crippen LogP contribution in [0.25, 0.3) is 0 Å². The van der Waals surface area contributed by atoms with Crippen LogP contribution in [0.2, 0.25) is 0 Å². The van der Waals surface area contributed by atoms with Gasteiger partial charge in [0.15, 0.2) is 0 Å². The van der Waals surface area contributed by atoms with Crippen LogP contribution in [0.3, 0.4) is 0 Å². The van der Waals surface area contributed by atoms with Gasteiger partial charge in [-0.1, -0.05) is 55.4 Å². The van der Waals surface area contributed by atoms with Gasteiger partial charge >= 0.3 is 0 Å². The van der Waals surface area contributed by atoms with Crippen LogP contribution in [0.15, 0.2) is 0 Å². The van der Waals surface area contributed by atoms with Gasteiger partial charge in [0.05, 0.1) is 0 Å². The Morgan fingerprint density at radius 1 is 0.619 bits per heavy atom. The summed E-state index contributed by atoms with van der Waals surface area (Å²) in [4.78, 5) is 0. The summed E-state index contributed by atoms with van der Waals surface area (Å²) in [5, 5.41) is 0. The summed E-state index contributed by atoms with van der Waals surface area (Å²) in [6.45, 7) is 20.7. The zero-order chi connectivity index (χ0) is 16.4. The van der Waals surface area contributed by atoms with E-state index in [-0.39, 0.29) is 0 Å². The minimum atomic E-state index is 0.599. The quantitative estimate of drug-likeness (QED) is 0.357. The van der Waals surface area contributed by atoms with E-state index < -0.39 is 0 Å². The Labute approximate surface area is 136 Å². The standard InChI is InChI=1S/C21H42/c1-9-10-17(4)12-19(6)14-21(8)15-20(7)13-18(5)11-16(2)3/h9,16-21H,2,10-15H2,1,3-8H3. The molecule has 0 heteroatoms. The van der Waals surface area contributed by atoms with Crippen LogP contribution in [0.4, 0.5) is 0 Å². The molecule has 0 aromatic carbocycles. The van der Waals surface area contributed by atoms with Crippen molar-refractivity contribution in [1.29, 1.82) is 0 Å². The van der Waals surface area contributed by atoms with Gasteiger partial charge in [0.2, 0.25) is 0 Å². The highest BCUT2D eigenvalue weighted by Crippen LogP contribution is 2.28. The molecular weight excluding hydrogens is 252 g/mol. The fourth-order valence-corrected chi connectivity index (χ4v) is 4.32. The average Bonchev–Trinajstić information content (AvgIpc) is 2.25. The van der Waals surface area contributed by atoms with Crippen molar-refractivity contribution in [2.24, 2.45) is 35.5 Å². The van der Waals surface area contributed by atoms with Gasteiger partial charge in [0.25, 0.3) is 0 Å². The maximum Gasteiger partial charge on any atom is -0.0414 e. The molecule has 0 aromatic rings. The molecule has 126 valence electrons. The van der Waals surface area contributed by atoms with Crippen molar-refractivity contribution < 1.29 is 0 Å². The summed E-state index contributed by atoms with van der Waals surface area (Å²) in [5.41, 5.74) is 0. The van der Waals surface area contributed by atoms with Crippen LogP contribution >= 0.6 is 0 Å².